The van der Waals surface area contributed by atoms with Gasteiger partial charge in [-0.05, 0) is 28.2 Å². The Morgan fingerprint density at radius 2 is 1.43 bits per heavy atom. The summed E-state index contributed by atoms with van der Waals surface area (Å²) in [5, 5.41) is 0. The second-order valence-electron chi connectivity index (χ2n) is 6.46. The molecule has 0 spiro atoms. The van der Waals surface area contributed by atoms with E-state index in [-0.39, 0.29) is 5.41 Å². The van der Waals surface area contributed by atoms with Crippen LogP contribution in [-0.4, -0.2) is 4.98 Å². The summed E-state index contributed by atoms with van der Waals surface area (Å²) in [4.78, 5) is 3.43. The van der Waals surface area contributed by atoms with Crippen LogP contribution in [0.2, 0.25) is 0 Å². The Morgan fingerprint density at radius 1 is 0.762 bits per heavy atom. The number of nitrogens with one attached hydrogen (secondary N) is 1. The average Bonchev–Trinajstić information content (AvgIpc) is 2.97. The van der Waals surface area contributed by atoms with Gasteiger partial charge in [0.05, 0.1) is 0 Å². The van der Waals surface area contributed by atoms with E-state index >= 15 is 0 Å². The minimum Gasteiger partial charge on any atom is -0.361 e. The topological polar surface area (TPSA) is 15.8 Å². The van der Waals surface area contributed by atoms with Crippen molar-refractivity contribution in [1.82, 2.24) is 4.98 Å². The van der Waals surface area contributed by atoms with E-state index in [0.717, 1.165) is 0 Å². The van der Waals surface area contributed by atoms with Crippen molar-refractivity contribution in [2.45, 2.75) is 26.2 Å². The molecule has 3 aromatic rings. The van der Waals surface area contributed by atoms with Gasteiger partial charge in [0, 0.05) is 17.5 Å². The number of hydrogen-bond donors (Lipinski definition) is 1. The zero-order valence-corrected chi connectivity index (χ0v) is 12.9. The fourth-order valence-electron chi connectivity index (χ4n) is 2.72. The Balaban J connectivity index is 2.06. The smallest absolute Gasteiger partial charge is 0.0463 e. The van der Waals surface area contributed by atoms with Crippen molar-refractivity contribution in [3.63, 3.8) is 0 Å². The van der Waals surface area contributed by atoms with Crippen LogP contribution >= 0.6 is 0 Å². The Hall–Kier alpha value is -2.28. The van der Waals surface area contributed by atoms with Gasteiger partial charge in [-0.3, -0.25) is 0 Å². The third kappa shape index (κ3) is 2.78. The highest BCUT2D eigenvalue weighted by molar-refractivity contribution is 5.73. The van der Waals surface area contributed by atoms with E-state index in [4.69, 9.17) is 0 Å². The largest absolute Gasteiger partial charge is 0.361 e. The van der Waals surface area contributed by atoms with Gasteiger partial charge in [0.1, 0.15) is 0 Å². The van der Waals surface area contributed by atoms with Crippen molar-refractivity contribution in [2.24, 2.45) is 0 Å². The molecule has 0 saturated heterocycles. The van der Waals surface area contributed by atoms with Gasteiger partial charge in [-0.1, -0.05) is 75.4 Å². The summed E-state index contributed by atoms with van der Waals surface area (Å²) in [7, 11) is 0. The van der Waals surface area contributed by atoms with Gasteiger partial charge in [0.2, 0.25) is 0 Å². The lowest BCUT2D eigenvalue weighted by Crippen LogP contribution is -2.12. The molecule has 2 aromatic carbocycles. The Morgan fingerprint density at radius 3 is 2.14 bits per heavy atom. The summed E-state index contributed by atoms with van der Waals surface area (Å²) < 4.78 is 0. The van der Waals surface area contributed by atoms with Gasteiger partial charge in [-0.2, -0.15) is 0 Å². The molecule has 1 heterocycles. The van der Waals surface area contributed by atoms with Gasteiger partial charge in [0.15, 0.2) is 0 Å². The fourth-order valence-corrected chi connectivity index (χ4v) is 2.72. The van der Waals surface area contributed by atoms with Gasteiger partial charge < -0.3 is 4.98 Å². The van der Waals surface area contributed by atoms with Gasteiger partial charge in [-0.25, -0.2) is 0 Å². The van der Waals surface area contributed by atoms with Crippen LogP contribution in [0.1, 0.15) is 26.3 Å². The normalized spacial score (nSPS) is 11.6. The summed E-state index contributed by atoms with van der Waals surface area (Å²) in [6.07, 6.45) is 2.09. The van der Waals surface area contributed by atoms with Crippen molar-refractivity contribution < 1.29 is 0 Å². The van der Waals surface area contributed by atoms with Crippen LogP contribution in [0.3, 0.4) is 0 Å². The minimum absolute atomic E-state index is 0.134. The summed E-state index contributed by atoms with van der Waals surface area (Å²) in [5.74, 6) is 0. The van der Waals surface area contributed by atoms with Crippen LogP contribution in [0, 0.1) is 0 Å². The maximum atomic E-state index is 3.43. The molecule has 0 aliphatic heterocycles. The van der Waals surface area contributed by atoms with E-state index in [2.05, 4.69) is 86.5 Å². The van der Waals surface area contributed by atoms with E-state index in [9.17, 15) is 0 Å². The second-order valence-corrected chi connectivity index (χ2v) is 6.46. The molecule has 1 aromatic heterocycles. The van der Waals surface area contributed by atoms with Crippen LogP contribution in [0.15, 0.2) is 66.9 Å². The summed E-state index contributed by atoms with van der Waals surface area (Å²) >= 11 is 0. The molecule has 0 aliphatic carbocycles. The predicted molar refractivity (Wildman–Crippen MR) is 90.4 cm³/mol. The quantitative estimate of drug-likeness (QED) is 0.622. The minimum atomic E-state index is 0.134. The molecule has 1 heteroatoms. The first-order valence-electron chi connectivity index (χ1n) is 7.39. The lowest BCUT2D eigenvalue weighted by Gasteiger charge is -2.22. The molecule has 0 radical (unpaired) electrons. The molecule has 0 unspecified atom stereocenters. The SMILES string of the molecule is CC(C)(C)c1ccccc1-c1cc(-c2ccccc2)c[nH]1. The number of benzene rings is 2. The van der Waals surface area contributed by atoms with E-state index < -0.39 is 0 Å². The molecule has 3 rings (SSSR count). The Labute approximate surface area is 126 Å². The van der Waals surface area contributed by atoms with Crippen molar-refractivity contribution in [3.8, 4) is 22.4 Å². The molecule has 1 nitrogen and oxygen atoms in total. The summed E-state index contributed by atoms with van der Waals surface area (Å²) in [6, 6.07) is 21.4. The molecule has 0 atom stereocenters. The Kier molecular flexibility index (Phi) is 3.42. The number of hydrogen-bond acceptors (Lipinski definition) is 0. The molecule has 0 bridgehead atoms. The first-order valence-corrected chi connectivity index (χ1v) is 7.39. The van der Waals surface area contributed by atoms with Gasteiger partial charge in [-0.15, -0.1) is 0 Å². The zero-order valence-electron chi connectivity index (χ0n) is 12.9. The highest BCUT2D eigenvalue weighted by Crippen LogP contribution is 2.34. The molecule has 0 saturated carbocycles. The number of aromatic nitrogens is 1. The summed E-state index contributed by atoms with van der Waals surface area (Å²) in [5.41, 5.74) is 6.44. The van der Waals surface area contributed by atoms with Crippen molar-refractivity contribution >= 4 is 0 Å². The number of rotatable bonds is 2. The second kappa shape index (κ2) is 5.25. The molecule has 106 valence electrons. The predicted octanol–water partition coefficient (Wildman–Crippen LogP) is 5.65. The fraction of sp³-hybridized carbons (Fsp3) is 0.200. The van der Waals surface area contributed by atoms with Gasteiger partial charge >= 0.3 is 0 Å². The maximum absolute atomic E-state index is 3.43. The number of H-pyrrole nitrogens is 1. The molecule has 0 fully saturated rings. The third-order valence-corrected chi connectivity index (χ3v) is 3.82. The van der Waals surface area contributed by atoms with E-state index in [1.807, 2.05) is 6.07 Å². The van der Waals surface area contributed by atoms with Crippen LogP contribution in [0.25, 0.3) is 22.4 Å². The highest BCUT2D eigenvalue weighted by atomic mass is 14.7. The average molecular weight is 275 g/mol. The standard InChI is InChI=1S/C20H21N/c1-20(2,3)18-12-8-7-11-17(18)19-13-16(14-21-19)15-9-5-4-6-10-15/h4-14,21H,1-3H3. The maximum Gasteiger partial charge on any atom is 0.0463 e. The molecular weight excluding hydrogens is 254 g/mol. The summed E-state index contributed by atoms with van der Waals surface area (Å²) in [6.45, 7) is 6.77. The van der Waals surface area contributed by atoms with Crippen molar-refractivity contribution in [3.05, 3.63) is 72.4 Å². The highest BCUT2D eigenvalue weighted by Gasteiger charge is 2.18. The lowest BCUT2D eigenvalue weighted by atomic mass is 9.83. The van der Waals surface area contributed by atoms with Crippen LogP contribution in [-0.2, 0) is 5.41 Å². The van der Waals surface area contributed by atoms with Crippen molar-refractivity contribution in [1.29, 1.82) is 0 Å². The number of aromatic amines is 1. The first kappa shape index (κ1) is 13.7. The molecule has 21 heavy (non-hydrogen) atoms. The monoisotopic (exact) mass is 275 g/mol. The van der Waals surface area contributed by atoms with Crippen LogP contribution in [0.4, 0.5) is 0 Å². The van der Waals surface area contributed by atoms with Crippen molar-refractivity contribution in [2.75, 3.05) is 0 Å². The van der Waals surface area contributed by atoms with E-state index in [1.54, 1.807) is 0 Å². The molecule has 1 N–H and O–H groups in total. The zero-order chi connectivity index (χ0) is 14.9. The van der Waals surface area contributed by atoms with Crippen LogP contribution in [0.5, 0.6) is 0 Å². The lowest BCUT2D eigenvalue weighted by molar-refractivity contribution is 0.592. The third-order valence-electron chi connectivity index (χ3n) is 3.82. The van der Waals surface area contributed by atoms with E-state index in [1.165, 1.54) is 27.9 Å². The Bertz CT molecular complexity index is 730. The molecule has 0 aliphatic rings. The first-order chi connectivity index (χ1) is 10.1. The van der Waals surface area contributed by atoms with E-state index in [0.29, 0.717) is 0 Å². The molecular formula is C20H21N. The van der Waals surface area contributed by atoms with Gasteiger partial charge in [0.25, 0.3) is 0 Å². The molecule has 0 amide bonds. The van der Waals surface area contributed by atoms with Crippen LogP contribution < -0.4 is 0 Å².